The van der Waals surface area contributed by atoms with Gasteiger partial charge in [0.2, 0.25) is 0 Å². The second-order valence-electron chi connectivity index (χ2n) is 5.28. The molecule has 0 fully saturated rings. The van der Waals surface area contributed by atoms with Crippen LogP contribution >= 0.6 is 0 Å². The molecule has 1 unspecified atom stereocenters. The van der Waals surface area contributed by atoms with E-state index in [0.29, 0.717) is 23.8 Å². The van der Waals surface area contributed by atoms with Crippen LogP contribution in [0, 0.1) is 0 Å². The highest BCUT2D eigenvalue weighted by molar-refractivity contribution is 6.52. The predicted molar refractivity (Wildman–Crippen MR) is 79.2 cm³/mol. The average molecular weight is 283 g/mol. The number of carbonyl (C=O) groups is 2. The van der Waals surface area contributed by atoms with Crippen molar-refractivity contribution < 1.29 is 9.59 Å². The molecule has 1 atom stereocenters. The SMILES string of the molecule is CCC(C)n1ccc(CN2C(=O)C(=O)c3ccccc32)n1. The van der Waals surface area contributed by atoms with Crippen molar-refractivity contribution in [3.63, 3.8) is 0 Å². The molecule has 0 N–H and O–H groups in total. The van der Waals surface area contributed by atoms with Crippen molar-refractivity contribution in [3.8, 4) is 0 Å². The number of hydrogen-bond acceptors (Lipinski definition) is 3. The third-order valence-electron chi connectivity index (χ3n) is 3.90. The van der Waals surface area contributed by atoms with Gasteiger partial charge in [-0.05, 0) is 31.5 Å². The summed E-state index contributed by atoms with van der Waals surface area (Å²) in [6.45, 7) is 4.52. The zero-order valence-corrected chi connectivity index (χ0v) is 12.1. The highest BCUT2D eigenvalue weighted by Gasteiger charge is 2.35. The number of para-hydroxylation sites is 1. The number of hydrogen-bond donors (Lipinski definition) is 0. The number of fused-ring (bicyclic) bond motifs is 1. The fourth-order valence-corrected chi connectivity index (χ4v) is 2.46. The number of anilines is 1. The average Bonchev–Trinajstić information content (AvgIpc) is 3.07. The molecule has 3 rings (SSSR count). The molecule has 0 aliphatic carbocycles. The van der Waals surface area contributed by atoms with Gasteiger partial charge >= 0.3 is 0 Å². The van der Waals surface area contributed by atoms with E-state index in [2.05, 4.69) is 18.9 Å². The van der Waals surface area contributed by atoms with Crippen LogP contribution in [-0.2, 0) is 11.3 Å². The van der Waals surface area contributed by atoms with Crippen LogP contribution in [0.5, 0.6) is 0 Å². The Balaban J connectivity index is 1.87. The Kier molecular flexibility index (Phi) is 3.33. The molecule has 0 spiro atoms. The van der Waals surface area contributed by atoms with Gasteiger partial charge in [0.1, 0.15) is 0 Å². The summed E-state index contributed by atoms with van der Waals surface area (Å²) < 4.78 is 1.89. The summed E-state index contributed by atoms with van der Waals surface area (Å²) in [4.78, 5) is 25.5. The van der Waals surface area contributed by atoms with Gasteiger partial charge in [-0.1, -0.05) is 19.1 Å². The normalized spacial score (nSPS) is 15.4. The largest absolute Gasteiger partial charge is 0.299 e. The van der Waals surface area contributed by atoms with Gasteiger partial charge in [0, 0.05) is 12.2 Å². The van der Waals surface area contributed by atoms with Crippen LogP contribution in [0.1, 0.15) is 42.4 Å². The minimum atomic E-state index is -0.478. The molecule has 0 radical (unpaired) electrons. The Morgan fingerprint density at radius 1 is 1.19 bits per heavy atom. The van der Waals surface area contributed by atoms with Gasteiger partial charge in [0.05, 0.1) is 23.5 Å². The van der Waals surface area contributed by atoms with Gasteiger partial charge < -0.3 is 0 Å². The number of nitrogens with zero attached hydrogens (tertiary/aromatic N) is 3. The van der Waals surface area contributed by atoms with Gasteiger partial charge in [0.25, 0.3) is 11.7 Å². The fraction of sp³-hybridized carbons (Fsp3) is 0.312. The fourth-order valence-electron chi connectivity index (χ4n) is 2.46. The first-order valence-electron chi connectivity index (χ1n) is 7.11. The number of ketones is 1. The lowest BCUT2D eigenvalue weighted by Crippen LogP contribution is -2.29. The lowest BCUT2D eigenvalue weighted by atomic mass is 10.1. The van der Waals surface area contributed by atoms with E-state index in [1.807, 2.05) is 23.0 Å². The molecule has 0 bridgehead atoms. The summed E-state index contributed by atoms with van der Waals surface area (Å²) in [5.74, 6) is -0.916. The van der Waals surface area contributed by atoms with Crippen LogP contribution in [0.25, 0.3) is 0 Å². The number of amides is 1. The second-order valence-corrected chi connectivity index (χ2v) is 5.28. The van der Waals surface area contributed by atoms with E-state index in [1.54, 1.807) is 18.2 Å². The van der Waals surface area contributed by atoms with Crippen molar-refractivity contribution >= 4 is 17.4 Å². The molecule has 0 saturated heterocycles. The number of benzene rings is 1. The summed E-state index contributed by atoms with van der Waals surface area (Å²) in [6.07, 6.45) is 2.91. The lowest BCUT2D eigenvalue weighted by molar-refractivity contribution is -0.114. The summed E-state index contributed by atoms with van der Waals surface area (Å²) in [5.41, 5.74) is 1.93. The maximum Gasteiger partial charge on any atom is 0.299 e. The topological polar surface area (TPSA) is 55.2 Å². The van der Waals surface area contributed by atoms with E-state index in [9.17, 15) is 9.59 Å². The first-order valence-corrected chi connectivity index (χ1v) is 7.11. The molecule has 2 heterocycles. The van der Waals surface area contributed by atoms with E-state index < -0.39 is 11.7 Å². The summed E-state index contributed by atoms with van der Waals surface area (Å²) >= 11 is 0. The first kappa shape index (κ1) is 13.5. The molecule has 108 valence electrons. The Morgan fingerprint density at radius 2 is 1.95 bits per heavy atom. The maximum absolute atomic E-state index is 12.1. The van der Waals surface area contributed by atoms with Gasteiger partial charge in [0.15, 0.2) is 0 Å². The van der Waals surface area contributed by atoms with E-state index in [1.165, 1.54) is 4.90 Å². The molecule has 0 saturated carbocycles. The van der Waals surface area contributed by atoms with Crippen LogP contribution in [0.3, 0.4) is 0 Å². The number of Topliss-reactive ketones (excluding diaryl/α,β-unsaturated/α-hetero) is 1. The molecule has 5 heteroatoms. The molecule has 1 aromatic carbocycles. The minimum Gasteiger partial charge on any atom is -0.299 e. The molecular weight excluding hydrogens is 266 g/mol. The van der Waals surface area contributed by atoms with E-state index in [0.717, 1.165) is 12.1 Å². The van der Waals surface area contributed by atoms with Crippen molar-refractivity contribution in [3.05, 3.63) is 47.8 Å². The first-order chi connectivity index (χ1) is 10.1. The Labute approximate surface area is 123 Å². The monoisotopic (exact) mass is 283 g/mol. The van der Waals surface area contributed by atoms with E-state index in [4.69, 9.17) is 0 Å². The summed E-state index contributed by atoms with van der Waals surface area (Å²) in [7, 11) is 0. The molecule has 2 aromatic rings. The lowest BCUT2D eigenvalue weighted by Gasteiger charge is -2.15. The Hall–Kier alpha value is -2.43. The van der Waals surface area contributed by atoms with Gasteiger partial charge in [-0.15, -0.1) is 0 Å². The molecule has 5 nitrogen and oxygen atoms in total. The van der Waals surface area contributed by atoms with Crippen molar-refractivity contribution in [1.29, 1.82) is 0 Å². The maximum atomic E-state index is 12.1. The zero-order valence-electron chi connectivity index (χ0n) is 12.1. The van der Waals surface area contributed by atoms with Crippen molar-refractivity contribution in [2.45, 2.75) is 32.9 Å². The van der Waals surface area contributed by atoms with Crippen LogP contribution in [0.4, 0.5) is 5.69 Å². The van der Waals surface area contributed by atoms with Crippen LogP contribution in [-0.4, -0.2) is 21.5 Å². The van der Waals surface area contributed by atoms with Crippen LogP contribution < -0.4 is 4.90 Å². The third kappa shape index (κ3) is 2.24. The smallest absolute Gasteiger partial charge is 0.299 e. The highest BCUT2D eigenvalue weighted by Crippen LogP contribution is 2.29. The number of rotatable bonds is 4. The third-order valence-corrected chi connectivity index (χ3v) is 3.90. The standard InChI is InChI=1S/C16H17N3O2/c1-3-11(2)19-9-8-12(17-19)10-18-14-7-5-4-6-13(14)15(20)16(18)21/h4-9,11H,3,10H2,1-2H3. The molecule has 1 aliphatic heterocycles. The van der Waals surface area contributed by atoms with Crippen LogP contribution in [0.15, 0.2) is 36.5 Å². The van der Waals surface area contributed by atoms with E-state index in [-0.39, 0.29) is 0 Å². The van der Waals surface area contributed by atoms with Crippen molar-refractivity contribution in [1.82, 2.24) is 9.78 Å². The number of carbonyl (C=O) groups excluding carboxylic acids is 2. The van der Waals surface area contributed by atoms with Gasteiger partial charge in [-0.25, -0.2) is 0 Å². The predicted octanol–water partition coefficient (Wildman–Crippen LogP) is 2.58. The minimum absolute atomic E-state index is 0.321. The van der Waals surface area contributed by atoms with Gasteiger partial charge in [-0.2, -0.15) is 5.10 Å². The summed E-state index contributed by atoms with van der Waals surface area (Å²) in [5, 5.41) is 4.49. The number of aromatic nitrogens is 2. The Bertz CT molecular complexity index is 705. The Morgan fingerprint density at radius 3 is 2.71 bits per heavy atom. The van der Waals surface area contributed by atoms with Gasteiger partial charge in [-0.3, -0.25) is 19.2 Å². The molecule has 1 aliphatic rings. The molecule has 21 heavy (non-hydrogen) atoms. The molecule has 1 aromatic heterocycles. The van der Waals surface area contributed by atoms with E-state index >= 15 is 0 Å². The summed E-state index contributed by atoms with van der Waals surface area (Å²) in [6, 6.07) is 9.30. The van der Waals surface area contributed by atoms with Crippen molar-refractivity contribution in [2.24, 2.45) is 0 Å². The highest BCUT2D eigenvalue weighted by atomic mass is 16.2. The zero-order chi connectivity index (χ0) is 15.0. The second kappa shape index (κ2) is 5.16. The van der Waals surface area contributed by atoms with Crippen LogP contribution in [0.2, 0.25) is 0 Å². The molecular formula is C16H17N3O2. The molecule has 1 amide bonds. The quantitative estimate of drug-likeness (QED) is 0.810. The van der Waals surface area contributed by atoms with Crippen molar-refractivity contribution in [2.75, 3.05) is 4.90 Å².